The van der Waals surface area contributed by atoms with E-state index in [0.717, 1.165) is 12.1 Å². The van der Waals surface area contributed by atoms with E-state index < -0.39 is 23.4 Å². The number of nitrogens with zero attached hydrogens (tertiary/aromatic N) is 1. The molecule has 3 aromatic rings. The number of aromatic nitrogens is 1. The second-order valence-corrected chi connectivity index (χ2v) is 5.41. The van der Waals surface area contributed by atoms with Gasteiger partial charge in [-0.2, -0.15) is 13.2 Å². The van der Waals surface area contributed by atoms with Gasteiger partial charge in [-0.25, -0.2) is 8.78 Å². The zero-order valence-electron chi connectivity index (χ0n) is 12.8. The Balaban J connectivity index is 1.75. The molecule has 130 valence electrons. The summed E-state index contributed by atoms with van der Waals surface area (Å²) in [6.45, 7) is -0.0797. The van der Waals surface area contributed by atoms with Crippen LogP contribution in [-0.2, 0) is 24.1 Å². The predicted octanol–water partition coefficient (Wildman–Crippen LogP) is 5.25. The van der Waals surface area contributed by atoms with E-state index in [1.807, 2.05) is 0 Å². The zero-order valence-corrected chi connectivity index (χ0v) is 12.8. The smallest absolute Gasteiger partial charge is 0.372 e. The molecule has 0 aliphatic carbocycles. The van der Waals surface area contributed by atoms with Gasteiger partial charge in [-0.05, 0) is 35.4 Å². The van der Waals surface area contributed by atoms with E-state index in [0.29, 0.717) is 10.9 Å². The van der Waals surface area contributed by atoms with E-state index in [-0.39, 0.29) is 24.3 Å². The van der Waals surface area contributed by atoms with E-state index in [1.54, 1.807) is 18.2 Å². The minimum absolute atomic E-state index is 0.0567. The second kappa shape index (κ2) is 6.76. The highest BCUT2D eigenvalue weighted by atomic mass is 19.4. The summed E-state index contributed by atoms with van der Waals surface area (Å²) in [5.74, 6) is -1.79. The van der Waals surface area contributed by atoms with Crippen LogP contribution in [0.25, 0.3) is 10.9 Å². The maximum absolute atomic E-state index is 13.7. The van der Waals surface area contributed by atoms with E-state index in [4.69, 9.17) is 4.74 Å². The fraction of sp³-hybridized carbons (Fsp3) is 0.167. The van der Waals surface area contributed by atoms with Crippen molar-refractivity contribution in [3.63, 3.8) is 0 Å². The maximum Gasteiger partial charge on any atom is 0.419 e. The van der Waals surface area contributed by atoms with Crippen molar-refractivity contribution in [2.45, 2.75) is 19.4 Å². The minimum Gasteiger partial charge on any atom is -0.372 e. The molecule has 0 aliphatic heterocycles. The highest BCUT2D eigenvalue weighted by molar-refractivity contribution is 5.82. The lowest BCUT2D eigenvalue weighted by Gasteiger charge is -2.11. The van der Waals surface area contributed by atoms with Gasteiger partial charge in [-0.1, -0.05) is 18.2 Å². The molecule has 1 aromatic heterocycles. The molecule has 0 radical (unpaired) electrons. The molecule has 7 heteroatoms. The van der Waals surface area contributed by atoms with Gasteiger partial charge in [0.15, 0.2) is 0 Å². The van der Waals surface area contributed by atoms with Gasteiger partial charge < -0.3 is 4.74 Å². The zero-order chi connectivity index (χ0) is 18.0. The Morgan fingerprint density at radius 2 is 1.72 bits per heavy atom. The van der Waals surface area contributed by atoms with Crippen molar-refractivity contribution in [1.29, 1.82) is 0 Å². The number of fused-ring (bicyclic) bond motifs is 1. The molecule has 0 saturated carbocycles. The molecule has 2 aromatic carbocycles. The van der Waals surface area contributed by atoms with Gasteiger partial charge in [0, 0.05) is 11.6 Å². The molecule has 0 N–H and O–H groups in total. The quantitative estimate of drug-likeness (QED) is 0.598. The monoisotopic (exact) mass is 353 g/mol. The molecule has 0 spiro atoms. The highest BCUT2D eigenvalue weighted by Crippen LogP contribution is 2.32. The Morgan fingerprint density at radius 3 is 2.48 bits per heavy atom. The number of alkyl halides is 3. The first-order valence-electron chi connectivity index (χ1n) is 7.32. The third-order valence-electron chi connectivity index (χ3n) is 3.67. The molecule has 0 atom stereocenters. The summed E-state index contributed by atoms with van der Waals surface area (Å²) in [6.07, 6.45) is -3.33. The van der Waals surface area contributed by atoms with Crippen molar-refractivity contribution in [2.75, 3.05) is 0 Å². The Kier molecular flexibility index (Phi) is 4.67. The summed E-state index contributed by atoms with van der Waals surface area (Å²) < 4.78 is 70.5. The lowest BCUT2D eigenvalue weighted by atomic mass is 10.1. The van der Waals surface area contributed by atoms with E-state index in [2.05, 4.69) is 4.98 Å². The average Bonchev–Trinajstić information content (AvgIpc) is 2.56. The number of ether oxygens (including phenoxy) is 1. The summed E-state index contributed by atoms with van der Waals surface area (Å²) in [5.41, 5.74) is -0.282. The lowest BCUT2D eigenvalue weighted by molar-refractivity contribution is -0.140. The van der Waals surface area contributed by atoms with Crippen molar-refractivity contribution in [2.24, 2.45) is 0 Å². The first-order chi connectivity index (χ1) is 11.9. The fourth-order valence-corrected chi connectivity index (χ4v) is 2.48. The average molecular weight is 353 g/mol. The largest absolute Gasteiger partial charge is 0.419 e. The number of rotatable bonds is 4. The Bertz CT molecular complexity index is 908. The van der Waals surface area contributed by atoms with Gasteiger partial charge in [0.25, 0.3) is 0 Å². The normalized spacial score (nSPS) is 11.9. The van der Waals surface area contributed by atoms with Crippen molar-refractivity contribution in [3.8, 4) is 0 Å². The number of para-hydroxylation sites is 1. The van der Waals surface area contributed by atoms with Crippen molar-refractivity contribution in [1.82, 2.24) is 4.98 Å². The molecular formula is C18H12F5NO. The van der Waals surface area contributed by atoms with E-state index in [1.165, 1.54) is 18.3 Å². The Hall–Kier alpha value is -2.54. The van der Waals surface area contributed by atoms with Crippen LogP contribution in [0.5, 0.6) is 0 Å². The summed E-state index contributed by atoms with van der Waals surface area (Å²) in [7, 11) is 0. The van der Waals surface area contributed by atoms with Crippen LogP contribution in [0, 0.1) is 11.6 Å². The summed E-state index contributed by atoms with van der Waals surface area (Å²) in [5, 5.41) is 0.567. The van der Waals surface area contributed by atoms with Gasteiger partial charge in [0.05, 0.1) is 18.8 Å². The van der Waals surface area contributed by atoms with Crippen LogP contribution in [-0.4, -0.2) is 4.98 Å². The van der Waals surface area contributed by atoms with Gasteiger partial charge in [-0.15, -0.1) is 0 Å². The summed E-state index contributed by atoms with van der Waals surface area (Å²) >= 11 is 0. The first kappa shape index (κ1) is 17.3. The minimum atomic E-state index is -4.76. The molecule has 0 unspecified atom stereocenters. The molecule has 0 saturated heterocycles. The fourth-order valence-electron chi connectivity index (χ4n) is 2.48. The van der Waals surface area contributed by atoms with Crippen LogP contribution in [0.3, 0.4) is 0 Å². The Labute approximate surface area is 139 Å². The van der Waals surface area contributed by atoms with Crippen molar-refractivity contribution in [3.05, 3.63) is 77.0 Å². The van der Waals surface area contributed by atoms with Crippen LogP contribution in [0.15, 0.2) is 48.7 Å². The number of pyridine rings is 1. The molecule has 2 nitrogen and oxygen atoms in total. The molecule has 0 amide bonds. The first-order valence-corrected chi connectivity index (χ1v) is 7.32. The van der Waals surface area contributed by atoms with E-state index >= 15 is 0 Å². The van der Waals surface area contributed by atoms with Gasteiger partial charge in [0.1, 0.15) is 17.2 Å². The van der Waals surface area contributed by atoms with Crippen molar-refractivity contribution >= 4 is 10.9 Å². The molecule has 1 heterocycles. The van der Waals surface area contributed by atoms with Gasteiger partial charge in [-0.3, -0.25) is 4.98 Å². The number of benzene rings is 2. The van der Waals surface area contributed by atoms with Crippen LogP contribution in [0.1, 0.15) is 16.7 Å². The molecule has 3 rings (SSSR count). The maximum atomic E-state index is 13.7. The molecule has 25 heavy (non-hydrogen) atoms. The molecule has 0 bridgehead atoms. The third kappa shape index (κ3) is 3.76. The van der Waals surface area contributed by atoms with Crippen LogP contribution < -0.4 is 0 Å². The third-order valence-corrected chi connectivity index (χ3v) is 3.67. The van der Waals surface area contributed by atoms with Gasteiger partial charge in [0.2, 0.25) is 0 Å². The standard InChI is InChI=1S/C18H12F5NO/c19-15-5-4-11(8-14(15)18(21,22)23)9-25-10-12-6-7-24-17-13(12)2-1-3-16(17)20/h1-8H,9-10H2. The predicted molar refractivity (Wildman–Crippen MR) is 81.6 cm³/mol. The topological polar surface area (TPSA) is 22.1 Å². The van der Waals surface area contributed by atoms with E-state index in [9.17, 15) is 22.0 Å². The summed E-state index contributed by atoms with van der Waals surface area (Å²) in [4.78, 5) is 3.96. The number of halogens is 5. The van der Waals surface area contributed by atoms with Crippen LogP contribution in [0.2, 0.25) is 0 Å². The highest BCUT2D eigenvalue weighted by Gasteiger charge is 2.34. The lowest BCUT2D eigenvalue weighted by Crippen LogP contribution is -2.09. The Morgan fingerprint density at radius 1 is 0.920 bits per heavy atom. The van der Waals surface area contributed by atoms with Crippen LogP contribution in [0.4, 0.5) is 22.0 Å². The SMILES string of the molecule is Fc1ccc(COCc2ccnc3c(F)cccc23)cc1C(F)(F)F. The van der Waals surface area contributed by atoms with Gasteiger partial charge >= 0.3 is 6.18 Å². The van der Waals surface area contributed by atoms with Crippen LogP contribution >= 0.6 is 0 Å². The molecule has 0 fully saturated rings. The number of hydrogen-bond acceptors (Lipinski definition) is 2. The molecular weight excluding hydrogens is 341 g/mol. The van der Waals surface area contributed by atoms with Crippen molar-refractivity contribution < 1.29 is 26.7 Å². The summed E-state index contributed by atoms with van der Waals surface area (Å²) in [6, 6.07) is 8.88. The molecule has 0 aliphatic rings. The second-order valence-electron chi connectivity index (χ2n) is 5.41. The number of hydrogen-bond donors (Lipinski definition) is 0.